The predicted octanol–water partition coefficient (Wildman–Crippen LogP) is 1.72. The third-order valence-electron chi connectivity index (χ3n) is 3.03. The van der Waals surface area contributed by atoms with Crippen molar-refractivity contribution >= 4 is 28.8 Å². The number of nitrogen functional groups attached to an aromatic ring is 1. The van der Waals surface area contributed by atoms with Crippen LogP contribution in [-0.4, -0.2) is 43.4 Å². The van der Waals surface area contributed by atoms with E-state index in [9.17, 15) is 5.11 Å². The van der Waals surface area contributed by atoms with Gasteiger partial charge in [-0.05, 0) is 38.8 Å². The summed E-state index contributed by atoms with van der Waals surface area (Å²) in [5.41, 5.74) is 6.53. The van der Waals surface area contributed by atoms with E-state index in [4.69, 9.17) is 22.1 Å². The fourth-order valence-corrected chi connectivity index (χ4v) is 2.13. The van der Waals surface area contributed by atoms with Gasteiger partial charge in [-0.3, -0.25) is 10.00 Å². The number of hydrogen-bond acceptors (Lipinski definition) is 8. The summed E-state index contributed by atoms with van der Waals surface area (Å²) < 4.78 is 7.14. The lowest BCUT2D eigenvalue weighted by atomic mass is 10.2. The minimum atomic E-state index is -0.986. The van der Waals surface area contributed by atoms with E-state index < -0.39 is 12.0 Å². The van der Waals surface area contributed by atoms with Gasteiger partial charge in [0.2, 0.25) is 11.7 Å². The molecule has 0 amide bonds. The van der Waals surface area contributed by atoms with Crippen LogP contribution in [0.5, 0.6) is 0 Å². The highest BCUT2D eigenvalue weighted by atomic mass is 35.5. The molecule has 0 saturated carbocycles. The predicted molar refractivity (Wildman–Crippen MR) is 96.4 cm³/mol. The molecular formula is C15H24ClN7O2. The molecule has 138 valence electrons. The van der Waals surface area contributed by atoms with Gasteiger partial charge in [-0.25, -0.2) is 4.98 Å². The molecule has 0 fully saturated rings. The van der Waals surface area contributed by atoms with E-state index in [1.165, 1.54) is 6.20 Å². The third-order valence-corrected chi connectivity index (χ3v) is 3.21. The van der Waals surface area contributed by atoms with Crippen LogP contribution < -0.4 is 16.4 Å². The molecule has 0 saturated heterocycles. The van der Waals surface area contributed by atoms with E-state index in [1.807, 2.05) is 27.0 Å². The molecule has 0 aromatic carbocycles. The van der Waals surface area contributed by atoms with Crippen molar-refractivity contribution in [1.29, 1.82) is 0 Å². The Morgan fingerprint density at radius 3 is 2.88 bits per heavy atom. The zero-order valence-corrected chi connectivity index (χ0v) is 15.3. The zero-order chi connectivity index (χ0) is 18.4. The molecular weight excluding hydrogens is 346 g/mol. The number of halogens is 1. The average Bonchev–Trinajstić information content (AvgIpc) is 2.93. The Balaban J connectivity index is 1.77. The third kappa shape index (κ3) is 6.83. The first-order valence-corrected chi connectivity index (χ1v) is 8.27. The summed E-state index contributed by atoms with van der Waals surface area (Å²) >= 11 is 5.76. The van der Waals surface area contributed by atoms with E-state index in [2.05, 4.69) is 25.7 Å². The standard InChI is InChI=1S/C15H24ClN7O2/c1-15(2,3)25-14(24)18-5-4-6-23-9-10(7-20-23)21-12-11(17)8-19-13(16)22-12/h7-9,14,18,24H,4-6,17H2,1-3H3,(H,19,21,22). The molecule has 0 bridgehead atoms. The highest BCUT2D eigenvalue weighted by Crippen LogP contribution is 2.20. The molecule has 2 aromatic rings. The van der Waals surface area contributed by atoms with Crippen molar-refractivity contribution < 1.29 is 9.84 Å². The summed E-state index contributed by atoms with van der Waals surface area (Å²) in [6.45, 7) is 6.92. The Kier molecular flexibility index (Phi) is 6.54. The summed E-state index contributed by atoms with van der Waals surface area (Å²) in [5, 5.41) is 20.0. The molecule has 0 aliphatic carbocycles. The number of aliphatic hydroxyl groups excluding tert-OH is 1. The van der Waals surface area contributed by atoms with Crippen LogP contribution >= 0.6 is 11.6 Å². The molecule has 25 heavy (non-hydrogen) atoms. The van der Waals surface area contributed by atoms with Gasteiger partial charge in [0.1, 0.15) is 0 Å². The summed E-state index contributed by atoms with van der Waals surface area (Å²) in [6, 6.07) is 0. The Hall–Kier alpha value is -1.94. The van der Waals surface area contributed by atoms with Crippen LogP contribution in [0.4, 0.5) is 17.2 Å². The smallest absolute Gasteiger partial charge is 0.224 e. The minimum absolute atomic E-state index is 0.117. The van der Waals surface area contributed by atoms with Crippen molar-refractivity contribution in [3.63, 3.8) is 0 Å². The largest absolute Gasteiger partial charge is 0.394 e. The van der Waals surface area contributed by atoms with Crippen LogP contribution in [0.2, 0.25) is 5.28 Å². The van der Waals surface area contributed by atoms with Gasteiger partial charge in [0.25, 0.3) is 0 Å². The maximum atomic E-state index is 9.70. The average molecular weight is 370 g/mol. The first-order chi connectivity index (χ1) is 11.7. The molecule has 1 atom stereocenters. The van der Waals surface area contributed by atoms with E-state index in [0.29, 0.717) is 24.6 Å². The zero-order valence-electron chi connectivity index (χ0n) is 14.5. The molecule has 2 aromatic heterocycles. The van der Waals surface area contributed by atoms with Crippen LogP contribution in [0, 0.1) is 0 Å². The Bertz CT molecular complexity index is 687. The van der Waals surface area contributed by atoms with Gasteiger partial charge in [0.15, 0.2) is 5.82 Å². The summed E-state index contributed by atoms with van der Waals surface area (Å²) in [5.74, 6) is 0.434. The van der Waals surface area contributed by atoms with Gasteiger partial charge in [-0.1, -0.05) is 0 Å². The second-order valence-corrected chi connectivity index (χ2v) is 6.79. The number of nitrogens with one attached hydrogen (secondary N) is 2. The van der Waals surface area contributed by atoms with Gasteiger partial charge in [0, 0.05) is 19.3 Å². The van der Waals surface area contributed by atoms with E-state index in [-0.39, 0.29) is 5.28 Å². The number of aliphatic hydroxyl groups is 1. The van der Waals surface area contributed by atoms with Crippen molar-refractivity contribution in [2.45, 2.75) is 45.8 Å². The highest BCUT2D eigenvalue weighted by Gasteiger charge is 2.15. The molecule has 2 heterocycles. The maximum Gasteiger partial charge on any atom is 0.224 e. The summed E-state index contributed by atoms with van der Waals surface area (Å²) in [6.07, 6.45) is 4.73. The van der Waals surface area contributed by atoms with Crippen LogP contribution in [0.1, 0.15) is 27.2 Å². The lowest BCUT2D eigenvalue weighted by molar-refractivity contribution is -0.181. The number of anilines is 3. The lowest BCUT2D eigenvalue weighted by Gasteiger charge is -2.24. The lowest BCUT2D eigenvalue weighted by Crippen LogP contribution is -2.38. The van der Waals surface area contributed by atoms with Gasteiger partial charge in [-0.2, -0.15) is 10.1 Å². The number of hydrogen-bond donors (Lipinski definition) is 4. The fourth-order valence-electron chi connectivity index (χ4n) is 2.00. The highest BCUT2D eigenvalue weighted by molar-refractivity contribution is 6.28. The van der Waals surface area contributed by atoms with Crippen LogP contribution in [0.25, 0.3) is 0 Å². The van der Waals surface area contributed by atoms with Crippen molar-refractivity contribution in [2.75, 3.05) is 17.6 Å². The van der Waals surface area contributed by atoms with Crippen LogP contribution in [0.15, 0.2) is 18.6 Å². The second-order valence-electron chi connectivity index (χ2n) is 6.45. The first kappa shape index (κ1) is 19.4. The first-order valence-electron chi connectivity index (χ1n) is 7.90. The van der Waals surface area contributed by atoms with Crippen molar-refractivity contribution in [3.8, 4) is 0 Å². The van der Waals surface area contributed by atoms with Gasteiger partial charge in [0.05, 0.1) is 29.4 Å². The van der Waals surface area contributed by atoms with Gasteiger partial charge in [-0.15, -0.1) is 0 Å². The number of rotatable bonds is 8. The minimum Gasteiger partial charge on any atom is -0.394 e. The van der Waals surface area contributed by atoms with Crippen molar-refractivity contribution in [2.24, 2.45) is 0 Å². The number of nitrogens with zero attached hydrogens (tertiary/aromatic N) is 4. The molecule has 5 N–H and O–H groups in total. The van der Waals surface area contributed by atoms with Crippen molar-refractivity contribution in [1.82, 2.24) is 25.1 Å². The van der Waals surface area contributed by atoms with Gasteiger partial charge >= 0.3 is 0 Å². The summed E-state index contributed by atoms with van der Waals surface area (Å²) in [7, 11) is 0. The Labute approximate surface area is 151 Å². The molecule has 0 aliphatic rings. The molecule has 0 aliphatic heterocycles. The SMILES string of the molecule is CC(C)(C)OC(O)NCCCn1cc(Nc2nc(Cl)ncc2N)cn1. The molecule has 2 rings (SSSR count). The van der Waals surface area contributed by atoms with Crippen LogP contribution in [0.3, 0.4) is 0 Å². The van der Waals surface area contributed by atoms with E-state index >= 15 is 0 Å². The van der Waals surface area contributed by atoms with Gasteiger partial charge < -0.3 is 20.9 Å². The quantitative estimate of drug-likeness (QED) is 0.315. The van der Waals surface area contributed by atoms with Crippen molar-refractivity contribution in [3.05, 3.63) is 23.9 Å². The number of ether oxygens (including phenoxy) is 1. The molecule has 10 heteroatoms. The normalized spacial score (nSPS) is 13.0. The fraction of sp³-hybridized carbons (Fsp3) is 0.533. The second kappa shape index (κ2) is 8.43. The molecule has 0 radical (unpaired) electrons. The maximum absolute atomic E-state index is 9.70. The molecule has 1 unspecified atom stereocenters. The Morgan fingerprint density at radius 1 is 1.40 bits per heavy atom. The topological polar surface area (TPSA) is 123 Å². The Morgan fingerprint density at radius 2 is 2.16 bits per heavy atom. The summed E-state index contributed by atoms with van der Waals surface area (Å²) in [4.78, 5) is 7.83. The molecule has 9 nitrogen and oxygen atoms in total. The number of aryl methyl sites for hydroxylation is 1. The van der Waals surface area contributed by atoms with Crippen LogP contribution in [-0.2, 0) is 11.3 Å². The number of nitrogens with two attached hydrogens (primary N) is 1. The van der Waals surface area contributed by atoms with E-state index in [1.54, 1.807) is 10.9 Å². The molecule has 0 spiro atoms. The number of aromatic nitrogens is 4. The van der Waals surface area contributed by atoms with E-state index in [0.717, 1.165) is 12.1 Å². The monoisotopic (exact) mass is 369 g/mol.